The molecule has 0 spiro atoms. The minimum atomic E-state index is -0.468. The molecule has 0 N–H and O–H groups in total. The lowest BCUT2D eigenvalue weighted by molar-refractivity contribution is 0.0514. The maximum Gasteiger partial charge on any atom is 0.355 e. The Labute approximate surface area is 112 Å². The first-order chi connectivity index (χ1) is 8.61. The number of esters is 1. The second-order valence-electron chi connectivity index (χ2n) is 3.56. The molecule has 2 aromatic heterocycles. The van der Waals surface area contributed by atoms with E-state index in [0.717, 1.165) is 21.2 Å². The molecule has 0 fully saturated rings. The Bertz CT molecular complexity index is 612. The molecule has 0 saturated heterocycles. The van der Waals surface area contributed by atoms with Crippen molar-refractivity contribution in [3.05, 3.63) is 36.8 Å². The van der Waals surface area contributed by atoms with Crippen molar-refractivity contribution in [2.24, 2.45) is 0 Å². The van der Waals surface area contributed by atoms with Gasteiger partial charge in [0.05, 0.1) is 13.2 Å². The second-order valence-corrected chi connectivity index (χ2v) is 5.70. The predicted molar refractivity (Wildman–Crippen MR) is 70.5 cm³/mol. The number of rotatable bonds is 4. The maximum atomic E-state index is 11.7. The molecule has 0 amide bonds. The van der Waals surface area contributed by atoms with Crippen molar-refractivity contribution in [2.45, 2.75) is 20.4 Å². The highest BCUT2D eigenvalue weighted by Gasteiger charge is 2.16. The van der Waals surface area contributed by atoms with Crippen molar-refractivity contribution in [1.82, 2.24) is 9.55 Å². The van der Waals surface area contributed by atoms with Crippen LogP contribution in [0.4, 0.5) is 0 Å². The topological polar surface area (TPSA) is 61.2 Å². The molecule has 2 aromatic rings. The fourth-order valence-electron chi connectivity index (χ4n) is 1.45. The van der Waals surface area contributed by atoms with Crippen LogP contribution in [0.5, 0.6) is 0 Å². The van der Waals surface area contributed by atoms with Crippen molar-refractivity contribution < 1.29 is 9.53 Å². The van der Waals surface area contributed by atoms with E-state index in [1.54, 1.807) is 13.1 Å². The van der Waals surface area contributed by atoms with Crippen molar-refractivity contribution in [3.8, 4) is 0 Å². The van der Waals surface area contributed by atoms with Crippen LogP contribution in [0.1, 0.15) is 27.3 Å². The van der Waals surface area contributed by atoms with Gasteiger partial charge in [0, 0.05) is 16.5 Å². The van der Waals surface area contributed by atoms with Crippen LogP contribution in [0.25, 0.3) is 0 Å². The lowest BCUT2D eigenvalue weighted by Gasteiger charge is -2.04. The zero-order valence-corrected chi connectivity index (χ0v) is 11.6. The van der Waals surface area contributed by atoms with Gasteiger partial charge in [-0.2, -0.15) is 0 Å². The molecule has 0 aromatic carbocycles. The fraction of sp³-hybridized carbons (Fsp3) is 0.364. The summed E-state index contributed by atoms with van der Waals surface area (Å²) in [5.74, 6) is -0.468. The van der Waals surface area contributed by atoms with Crippen LogP contribution in [0, 0.1) is 6.92 Å². The average Bonchev–Trinajstić information content (AvgIpc) is 2.88. The Hall–Kier alpha value is -1.47. The highest BCUT2D eigenvalue weighted by atomic mass is 32.1. The summed E-state index contributed by atoms with van der Waals surface area (Å²) >= 11 is 2.50. The van der Waals surface area contributed by atoms with Gasteiger partial charge in [-0.15, -0.1) is 11.3 Å². The summed E-state index contributed by atoms with van der Waals surface area (Å²) in [6.07, 6.45) is 1.75. The van der Waals surface area contributed by atoms with E-state index >= 15 is 0 Å². The summed E-state index contributed by atoms with van der Waals surface area (Å²) in [5.41, 5.74) is 0.291. The van der Waals surface area contributed by atoms with Gasteiger partial charge in [-0.1, -0.05) is 11.3 Å². The molecule has 0 saturated carbocycles. The quantitative estimate of drug-likeness (QED) is 0.805. The normalized spacial score (nSPS) is 10.6. The summed E-state index contributed by atoms with van der Waals surface area (Å²) in [7, 11) is 0. The van der Waals surface area contributed by atoms with Crippen LogP contribution < -0.4 is 4.87 Å². The number of hydrogen-bond acceptors (Lipinski definition) is 6. The molecule has 7 heteroatoms. The number of thiazole rings is 2. The Balaban J connectivity index is 2.29. The number of aryl methyl sites for hydroxylation is 1. The third kappa shape index (κ3) is 2.68. The summed E-state index contributed by atoms with van der Waals surface area (Å²) in [5, 5.41) is 2.33. The molecule has 0 aliphatic carbocycles. The third-order valence-corrected chi connectivity index (χ3v) is 3.89. The number of aromatic nitrogens is 2. The standard InChI is InChI=1S/C11H12N2O3S2/c1-3-16-10(14)8-6-17-11(15)13(8)5-9-12-4-7(2)18-9/h4,6H,3,5H2,1-2H3. The van der Waals surface area contributed by atoms with E-state index in [0.29, 0.717) is 18.8 Å². The molecular weight excluding hydrogens is 272 g/mol. The maximum absolute atomic E-state index is 11.7. The summed E-state index contributed by atoms with van der Waals surface area (Å²) < 4.78 is 6.32. The van der Waals surface area contributed by atoms with Crippen molar-refractivity contribution in [2.75, 3.05) is 6.61 Å². The van der Waals surface area contributed by atoms with Crippen molar-refractivity contribution >= 4 is 28.6 Å². The first-order valence-corrected chi connectivity index (χ1v) is 7.08. The number of carbonyl (C=O) groups excluding carboxylic acids is 1. The van der Waals surface area contributed by atoms with Crippen molar-refractivity contribution in [1.29, 1.82) is 0 Å². The first kappa shape index (κ1) is 13.0. The lowest BCUT2D eigenvalue weighted by Crippen LogP contribution is -2.20. The lowest BCUT2D eigenvalue weighted by atomic mass is 10.4. The van der Waals surface area contributed by atoms with Crippen LogP contribution >= 0.6 is 22.7 Å². The summed E-state index contributed by atoms with van der Waals surface area (Å²) in [4.78, 5) is 28.5. The predicted octanol–water partition coefficient (Wildman–Crippen LogP) is 1.90. The van der Waals surface area contributed by atoms with E-state index in [4.69, 9.17) is 4.74 Å². The van der Waals surface area contributed by atoms with Gasteiger partial charge in [-0.3, -0.25) is 9.36 Å². The number of carbonyl (C=O) groups is 1. The van der Waals surface area contributed by atoms with E-state index in [9.17, 15) is 9.59 Å². The van der Waals surface area contributed by atoms with Gasteiger partial charge in [0.25, 0.3) is 0 Å². The number of hydrogen-bond donors (Lipinski definition) is 0. The van der Waals surface area contributed by atoms with Gasteiger partial charge < -0.3 is 4.74 Å². The van der Waals surface area contributed by atoms with Crippen LogP contribution in [0.15, 0.2) is 16.4 Å². The zero-order chi connectivity index (χ0) is 13.1. The average molecular weight is 284 g/mol. The summed E-state index contributed by atoms with van der Waals surface area (Å²) in [6.45, 7) is 4.29. The molecule has 18 heavy (non-hydrogen) atoms. The van der Waals surface area contributed by atoms with Gasteiger partial charge in [-0.05, 0) is 13.8 Å². The fourth-order valence-corrected chi connectivity index (χ4v) is 2.96. The SMILES string of the molecule is CCOC(=O)c1csc(=O)n1Cc1ncc(C)s1. The summed E-state index contributed by atoms with van der Waals surface area (Å²) in [6, 6.07) is 0. The van der Waals surface area contributed by atoms with Crippen LogP contribution in [-0.4, -0.2) is 22.1 Å². The molecule has 2 heterocycles. The largest absolute Gasteiger partial charge is 0.461 e. The molecular formula is C11H12N2O3S2. The Morgan fingerprint density at radius 3 is 2.94 bits per heavy atom. The minimum absolute atomic E-state index is 0.175. The van der Waals surface area contributed by atoms with E-state index < -0.39 is 5.97 Å². The third-order valence-electron chi connectivity index (χ3n) is 2.23. The molecule has 96 valence electrons. The van der Waals surface area contributed by atoms with Gasteiger partial charge in [0.2, 0.25) is 0 Å². The van der Waals surface area contributed by atoms with Crippen LogP contribution in [0.3, 0.4) is 0 Å². The van der Waals surface area contributed by atoms with Crippen molar-refractivity contribution in [3.63, 3.8) is 0 Å². The van der Waals surface area contributed by atoms with Gasteiger partial charge in [0.15, 0.2) is 0 Å². The van der Waals surface area contributed by atoms with Gasteiger partial charge in [0.1, 0.15) is 10.7 Å². The van der Waals surface area contributed by atoms with E-state index in [1.165, 1.54) is 21.3 Å². The van der Waals surface area contributed by atoms with E-state index in [2.05, 4.69) is 4.98 Å². The smallest absolute Gasteiger partial charge is 0.355 e. The molecule has 0 aliphatic heterocycles. The first-order valence-electron chi connectivity index (χ1n) is 5.38. The second kappa shape index (κ2) is 5.45. The van der Waals surface area contributed by atoms with E-state index in [1.807, 2.05) is 6.92 Å². The molecule has 0 aliphatic rings. The molecule has 0 unspecified atom stereocenters. The van der Waals surface area contributed by atoms with Gasteiger partial charge >= 0.3 is 10.8 Å². The molecule has 2 rings (SSSR count). The zero-order valence-electron chi connectivity index (χ0n) is 10.0. The number of ether oxygens (including phenoxy) is 1. The number of nitrogens with zero attached hydrogens (tertiary/aromatic N) is 2. The highest BCUT2D eigenvalue weighted by molar-refractivity contribution is 7.11. The molecule has 0 bridgehead atoms. The molecule has 5 nitrogen and oxygen atoms in total. The molecule has 0 radical (unpaired) electrons. The Morgan fingerprint density at radius 2 is 2.33 bits per heavy atom. The Morgan fingerprint density at radius 1 is 1.56 bits per heavy atom. The van der Waals surface area contributed by atoms with E-state index in [-0.39, 0.29) is 4.87 Å². The highest BCUT2D eigenvalue weighted by Crippen LogP contribution is 2.14. The Kier molecular flexibility index (Phi) is 3.93. The monoisotopic (exact) mass is 284 g/mol. The molecule has 0 atom stereocenters. The van der Waals surface area contributed by atoms with Crippen LogP contribution in [0.2, 0.25) is 0 Å². The minimum Gasteiger partial charge on any atom is -0.461 e. The van der Waals surface area contributed by atoms with Gasteiger partial charge in [-0.25, -0.2) is 9.78 Å². The van der Waals surface area contributed by atoms with Crippen LogP contribution in [-0.2, 0) is 11.3 Å².